The molecular weight excluding hydrogens is 353 g/mol. The highest BCUT2D eigenvalue weighted by Gasteiger charge is 2.14. The molecule has 0 radical (unpaired) electrons. The summed E-state index contributed by atoms with van der Waals surface area (Å²) >= 11 is 12.0. The molecule has 120 valence electrons. The molecule has 0 unspecified atom stereocenters. The summed E-state index contributed by atoms with van der Waals surface area (Å²) in [7, 11) is 0. The van der Waals surface area contributed by atoms with Crippen molar-refractivity contribution in [2.45, 2.75) is 6.54 Å². The summed E-state index contributed by atoms with van der Waals surface area (Å²) in [4.78, 5) is 11.6. The number of nitrogens with two attached hydrogens (primary N) is 1. The van der Waals surface area contributed by atoms with Gasteiger partial charge in [-0.05, 0) is 21.9 Å². The number of nitrogen functional groups attached to an aromatic ring is 1. The molecule has 4 N–H and O–H groups in total. The van der Waals surface area contributed by atoms with E-state index in [-0.39, 0.29) is 23.9 Å². The van der Waals surface area contributed by atoms with Crippen molar-refractivity contribution >= 4 is 47.3 Å². The maximum Gasteiger partial charge on any atom is 0.277 e. The molecule has 1 heterocycles. The van der Waals surface area contributed by atoms with Crippen LogP contribution in [-0.2, 0) is 6.54 Å². The lowest BCUT2D eigenvalue weighted by Gasteiger charge is -2.08. The largest absolute Gasteiger partial charge is 0.379 e. The van der Waals surface area contributed by atoms with Crippen LogP contribution in [0, 0.1) is 0 Å². The third kappa shape index (κ3) is 4.74. The Kier molecular flexibility index (Phi) is 7.40. The Morgan fingerprint density at radius 1 is 1.27 bits per heavy atom. The average Bonchev–Trinajstić information content (AvgIpc) is 2.89. The normalized spacial score (nSPS) is 10.1. The first kappa shape index (κ1) is 18.5. The molecule has 10 heteroatoms. The smallest absolute Gasteiger partial charge is 0.277 e. The molecule has 2 aromatic rings. The third-order valence-electron chi connectivity index (χ3n) is 2.66. The highest BCUT2D eigenvalue weighted by atomic mass is 35.5. The van der Waals surface area contributed by atoms with E-state index in [1.807, 2.05) is 12.1 Å². The van der Waals surface area contributed by atoms with Gasteiger partial charge < -0.3 is 16.4 Å². The quantitative estimate of drug-likeness (QED) is 0.674. The summed E-state index contributed by atoms with van der Waals surface area (Å²) in [6, 6.07) is 5.43. The molecule has 2 rings (SSSR count). The zero-order valence-corrected chi connectivity index (χ0v) is 13.6. The molecule has 1 aromatic heterocycles. The predicted octanol–water partition coefficient (Wildman–Crippen LogP) is 1.90. The Labute approximate surface area is 142 Å². The summed E-state index contributed by atoms with van der Waals surface area (Å²) in [6.45, 7) is 1.48. The minimum atomic E-state index is -0.434. The fourth-order valence-corrected chi connectivity index (χ4v) is 2.00. The van der Waals surface area contributed by atoms with Gasteiger partial charge in [-0.3, -0.25) is 4.79 Å². The fraction of sp³-hybridized carbons (Fsp3) is 0.250. The monoisotopic (exact) mass is 365 g/mol. The molecule has 0 saturated heterocycles. The number of benzene rings is 1. The predicted molar refractivity (Wildman–Crippen MR) is 86.5 cm³/mol. The van der Waals surface area contributed by atoms with Crippen molar-refractivity contribution in [3.05, 3.63) is 39.5 Å². The molecule has 0 saturated carbocycles. The van der Waals surface area contributed by atoms with Crippen molar-refractivity contribution in [1.82, 2.24) is 20.9 Å². The van der Waals surface area contributed by atoms with Gasteiger partial charge >= 0.3 is 0 Å². The molecule has 0 aliphatic rings. The maximum atomic E-state index is 11.6. The fourth-order valence-electron chi connectivity index (χ4n) is 1.61. The highest BCUT2D eigenvalue weighted by Crippen LogP contribution is 2.25. The molecule has 7 nitrogen and oxygen atoms in total. The first-order valence-electron chi connectivity index (χ1n) is 6.09. The van der Waals surface area contributed by atoms with E-state index in [4.69, 9.17) is 28.9 Å². The van der Waals surface area contributed by atoms with Crippen LogP contribution >= 0.6 is 35.6 Å². The number of anilines is 1. The van der Waals surface area contributed by atoms with Gasteiger partial charge in [-0.2, -0.15) is 0 Å². The first-order valence-corrected chi connectivity index (χ1v) is 6.85. The van der Waals surface area contributed by atoms with E-state index in [9.17, 15) is 4.79 Å². The lowest BCUT2D eigenvalue weighted by atomic mass is 10.2. The molecule has 0 bridgehead atoms. The second-order valence-electron chi connectivity index (χ2n) is 4.14. The van der Waals surface area contributed by atoms with Gasteiger partial charge in [0.25, 0.3) is 5.91 Å². The van der Waals surface area contributed by atoms with Crippen molar-refractivity contribution in [3.8, 4) is 0 Å². The second-order valence-corrected chi connectivity index (χ2v) is 4.93. The summed E-state index contributed by atoms with van der Waals surface area (Å²) in [5.74, 6) is -0.470. The van der Waals surface area contributed by atoms with E-state index in [0.717, 1.165) is 5.56 Å². The number of aromatic nitrogens is 2. The van der Waals surface area contributed by atoms with E-state index in [1.165, 1.54) is 0 Å². The Bertz CT molecular complexity index is 635. The first-order chi connectivity index (χ1) is 10.1. The van der Waals surface area contributed by atoms with Crippen LogP contribution in [0.1, 0.15) is 16.1 Å². The van der Waals surface area contributed by atoms with E-state index in [0.29, 0.717) is 29.7 Å². The van der Waals surface area contributed by atoms with Gasteiger partial charge in [-0.25, -0.2) is 4.63 Å². The van der Waals surface area contributed by atoms with Crippen molar-refractivity contribution in [2.75, 3.05) is 18.8 Å². The number of nitrogens with one attached hydrogen (secondary N) is 2. The van der Waals surface area contributed by atoms with Crippen LogP contribution < -0.4 is 16.4 Å². The van der Waals surface area contributed by atoms with Gasteiger partial charge in [0.2, 0.25) is 11.5 Å². The molecule has 0 fully saturated rings. The van der Waals surface area contributed by atoms with Crippen molar-refractivity contribution < 1.29 is 9.42 Å². The lowest BCUT2D eigenvalue weighted by molar-refractivity contribution is 0.0944. The molecule has 0 aliphatic heterocycles. The van der Waals surface area contributed by atoms with Crippen molar-refractivity contribution in [2.24, 2.45) is 0 Å². The van der Waals surface area contributed by atoms with Crippen LogP contribution in [0.25, 0.3) is 0 Å². The Balaban J connectivity index is 0.00000242. The molecule has 22 heavy (non-hydrogen) atoms. The summed E-state index contributed by atoms with van der Waals surface area (Å²) in [5, 5.41) is 13.5. The van der Waals surface area contributed by atoms with Gasteiger partial charge in [-0.1, -0.05) is 35.3 Å². The molecule has 0 atom stereocenters. The third-order valence-corrected chi connectivity index (χ3v) is 3.52. The van der Waals surface area contributed by atoms with E-state index >= 15 is 0 Å². The second kappa shape index (κ2) is 8.79. The zero-order chi connectivity index (χ0) is 15.2. The van der Waals surface area contributed by atoms with Crippen LogP contribution in [0.4, 0.5) is 5.82 Å². The topological polar surface area (TPSA) is 106 Å². The number of carbonyl (C=O) groups is 1. The lowest BCUT2D eigenvalue weighted by Crippen LogP contribution is -2.32. The van der Waals surface area contributed by atoms with Crippen molar-refractivity contribution in [3.63, 3.8) is 0 Å². The SMILES string of the molecule is Cl.Nc1nonc1C(=O)NCCNCc1cccc(Cl)c1Cl. The van der Waals surface area contributed by atoms with Crippen LogP contribution in [0.3, 0.4) is 0 Å². The number of nitrogens with zero attached hydrogens (tertiary/aromatic N) is 2. The summed E-state index contributed by atoms with van der Waals surface area (Å²) in [5.41, 5.74) is 6.28. The molecule has 0 aliphatic carbocycles. The Morgan fingerprint density at radius 2 is 2.05 bits per heavy atom. The van der Waals surface area contributed by atoms with E-state index in [2.05, 4.69) is 25.6 Å². The van der Waals surface area contributed by atoms with Gasteiger partial charge in [0.05, 0.1) is 10.0 Å². The summed E-state index contributed by atoms with van der Waals surface area (Å²) < 4.78 is 4.35. The van der Waals surface area contributed by atoms with Crippen LogP contribution in [0.15, 0.2) is 22.8 Å². The van der Waals surface area contributed by atoms with Gasteiger partial charge in [0, 0.05) is 19.6 Å². The number of rotatable bonds is 6. The zero-order valence-electron chi connectivity index (χ0n) is 11.3. The van der Waals surface area contributed by atoms with Crippen LogP contribution in [0.5, 0.6) is 0 Å². The minimum Gasteiger partial charge on any atom is -0.379 e. The van der Waals surface area contributed by atoms with Gasteiger partial charge in [0.1, 0.15) is 0 Å². The highest BCUT2D eigenvalue weighted by molar-refractivity contribution is 6.42. The molecule has 0 spiro atoms. The Morgan fingerprint density at radius 3 is 2.73 bits per heavy atom. The number of hydrogen-bond acceptors (Lipinski definition) is 6. The minimum absolute atomic E-state index is 0. The van der Waals surface area contributed by atoms with E-state index < -0.39 is 5.91 Å². The molecule has 1 amide bonds. The van der Waals surface area contributed by atoms with Gasteiger partial charge in [-0.15, -0.1) is 12.4 Å². The maximum absolute atomic E-state index is 11.6. The van der Waals surface area contributed by atoms with Crippen LogP contribution in [-0.4, -0.2) is 29.3 Å². The molecular formula is C12H14Cl3N5O2. The van der Waals surface area contributed by atoms with Crippen LogP contribution in [0.2, 0.25) is 10.0 Å². The standard InChI is InChI=1S/C12H13Cl2N5O2.ClH/c13-8-3-1-2-7(9(8)14)6-16-4-5-17-12(20)10-11(15)19-21-18-10;/h1-3,16H,4-6H2,(H2,15,19)(H,17,20);1H. The molecule has 1 aromatic carbocycles. The van der Waals surface area contributed by atoms with E-state index in [1.54, 1.807) is 6.07 Å². The number of halogens is 3. The number of carbonyl (C=O) groups excluding carboxylic acids is 1. The van der Waals surface area contributed by atoms with Crippen molar-refractivity contribution in [1.29, 1.82) is 0 Å². The number of hydrogen-bond donors (Lipinski definition) is 3. The van der Waals surface area contributed by atoms with Gasteiger partial charge in [0.15, 0.2) is 0 Å². The number of amides is 1. The summed E-state index contributed by atoms with van der Waals surface area (Å²) in [6.07, 6.45) is 0. The Hall–Kier alpha value is -1.54. The average molecular weight is 367 g/mol.